The summed E-state index contributed by atoms with van der Waals surface area (Å²) >= 11 is 3.76. The summed E-state index contributed by atoms with van der Waals surface area (Å²) in [4.78, 5) is 0. The van der Waals surface area contributed by atoms with Crippen LogP contribution < -0.4 is 5.32 Å². The second-order valence-corrected chi connectivity index (χ2v) is 6.83. The highest BCUT2D eigenvalue weighted by Gasteiger charge is 2.36. The molecule has 18 heavy (non-hydrogen) atoms. The standard InChI is InChI=1S/C16H22BrN/c17-15-7-3-2-6-14(15)16(10-4-1-5-11-16)12-18-13-8-9-13/h2-3,6-7,13,18H,1,4-5,8-12H2. The van der Waals surface area contributed by atoms with Crippen LogP contribution in [0.25, 0.3) is 0 Å². The van der Waals surface area contributed by atoms with Gasteiger partial charge in [0.15, 0.2) is 0 Å². The first-order valence-electron chi connectivity index (χ1n) is 7.29. The van der Waals surface area contributed by atoms with Crippen molar-refractivity contribution in [2.24, 2.45) is 0 Å². The SMILES string of the molecule is Brc1ccccc1C1(CNC2CC2)CCCCC1. The molecule has 2 saturated carbocycles. The highest BCUT2D eigenvalue weighted by Crippen LogP contribution is 2.42. The minimum Gasteiger partial charge on any atom is -0.313 e. The third-order valence-electron chi connectivity index (χ3n) is 4.56. The molecule has 0 aromatic heterocycles. The van der Waals surface area contributed by atoms with E-state index in [4.69, 9.17) is 0 Å². The third kappa shape index (κ3) is 2.65. The van der Waals surface area contributed by atoms with Crippen molar-refractivity contribution >= 4 is 15.9 Å². The maximum atomic E-state index is 3.77. The molecule has 1 N–H and O–H groups in total. The normalized spacial score (nSPS) is 22.9. The van der Waals surface area contributed by atoms with Crippen molar-refractivity contribution in [3.63, 3.8) is 0 Å². The molecule has 98 valence electrons. The largest absolute Gasteiger partial charge is 0.313 e. The predicted octanol–water partition coefficient (Wildman–Crippen LogP) is 4.40. The Morgan fingerprint density at radius 3 is 2.50 bits per heavy atom. The summed E-state index contributed by atoms with van der Waals surface area (Å²) in [6.45, 7) is 1.17. The number of nitrogens with one attached hydrogen (secondary N) is 1. The molecule has 0 unspecified atom stereocenters. The lowest BCUT2D eigenvalue weighted by Crippen LogP contribution is -2.41. The molecule has 0 heterocycles. The third-order valence-corrected chi connectivity index (χ3v) is 5.25. The first kappa shape index (κ1) is 12.7. The van der Waals surface area contributed by atoms with Crippen molar-refractivity contribution in [2.45, 2.75) is 56.4 Å². The van der Waals surface area contributed by atoms with Gasteiger partial charge in [0.1, 0.15) is 0 Å². The molecule has 0 radical (unpaired) electrons. The Bertz CT molecular complexity index is 405. The fraction of sp³-hybridized carbons (Fsp3) is 0.625. The van der Waals surface area contributed by atoms with Gasteiger partial charge in [-0.15, -0.1) is 0 Å². The topological polar surface area (TPSA) is 12.0 Å². The number of hydrogen-bond donors (Lipinski definition) is 1. The lowest BCUT2D eigenvalue weighted by atomic mass is 9.69. The van der Waals surface area contributed by atoms with Crippen molar-refractivity contribution in [1.29, 1.82) is 0 Å². The molecule has 0 aliphatic heterocycles. The van der Waals surface area contributed by atoms with E-state index in [1.165, 1.54) is 61.5 Å². The van der Waals surface area contributed by atoms with E-state index < -0.39 is 0 Å². The summed E-state index contributed by atoms with van der Waals surface area (Å²) in [5.41, 5.74) is 1.90. The maximum absolute atomic E-state index is 3.77. The molecule has 3 rings (SSSR count). The van der Waals surface area contributed by atoms with Gasteiger partial charge in [-0.1, -0.05) is 53.4 Å². The molecule has 1 nitrogen and oxygen atoms in total. The Kier molecular flexibility index (Phi) is 3.76. The van der Waals surface area contributed by atoms with Gasteiger partial charge in [0.05, 0.1) is 0 Å². The minimum absolute atomic E-state index is 0.376. The highest BCUT2D eigenvalue weighted by molar-refractivity contribution is 9.10. The molecule has 0 saturated heterocycles. The van der Waals surface area contributed by atoms with E-state index in [1.807, 2.05) is 0 Å². The second-order valence-electron chi connectivity index (χ2n) is 5.98. The van der Waals surface area contributed by atoms with Crippen LogP contribution in [0.5, 0.6) is 0 Å². The van der Waals surface area contributed by atoms with Crippen LogP contribution in [-0.2, 0) is 5.41 Å². The molecule has 2 heteroatoms. The molecular weight excluding hydrogens is 286 g/mol. The quantitative estimate of drug-likeness (QED) is 0.869. The van der Waals surface area contributed by atoms with Crippen LogP contribution in [0.4, 0.5) is 0 Å². The number of halogens is 1. The van der Waals surface area contributed by atoms with Gasteiger partial charge in [0.2, 0.25) is 0 Å². The lowest BCUT2D eigenvalue weighted by Gasteiger charge is -2.39. The van der Waals surface area contributed by atoms with Crippen molar-refractivity contribution in [3.8, 4) is 0 Å². The van der Waals surface area contributed by atoms with E-state index in [1.54, 1.807) is 0 Å². The van der Waals surface area contributed by atoms with Gasteiger partial charge in [-0.2, -0.15) is 0 Å². The van der Waals surface area contributed by atoms with E-state index in [2.05, 4.69) is 45.5 Å². The number of hydrogen-bond acceptors (Lipinski definition) is 1. The van der Waals surface area contributed by atoms with Gasteiger partial charge in [-0.05, 0) is 37.3 Å². The number of benzene rings is 1. The summed E-state index contributed by atoms with van der Waals surface area (Å²) in [7, 11) is 0. The molecule has 2 fully saturated rings. The summed E-state index contributed by atoms with van der Waals surface area (Å²) in [6.07, 6.45) is 9.62. The summed E-state index contributed by atoms with van der Waals surface area (Å²) in [6, 6.07) is 9.64. The second kappa shape index (κ2) is 5.34. The van der Waals surface area contributed by atoms with E-state index in [0.717, 1.165) is 6.04 Å². The molecule has 1 aromatic carbocycles. The highest BCUT2D eigenvalue weighted by atomic mass is 79.9. The Labute approximate surface area is 118 Å². The van der Waals surface area contributed by atoms with E-state index in [9.17, 15) is 0 Å². The zero-order valence-corrected chi connectivity index (χ0v) is 12.5. The first-order valence-corrected chi connectivity index (χ1v) is 8.08. The summed E-state index contributed by atoms with van der Waals surface area (Å²) in [5.74, 6) is 0. The molecule has 0 spiro atoms. The van der Waals surface area contributed by atoms with Crippen LogP contribution >= 0.6 is 15.9 Å². The van der Waals surface area contributed by atoms with E-state index >= 15 is 0 Å². The Balaban J connectivity index is 1.85. The van der Waals surface area contributed by atoms with Crippen molar-refractivity contribution in [3.05, 3.63) is 34.3 Å². The summed E-state index contributed by atoms with van der Waals surface area (Å²) < 4.78 is 1.30. The van der Waals surface area contributed by atoms with Gasteiger partial charge >= 0.3 is 0 Å². The van der Waals surface area contributed by atoms with Crippen LogP contribution in [0.2, 0.25) is 0 Å². The maximum Gasteiger partial charge on any atom is 0.0213 e. The number of rotatable bonds is 4. The van der Waals surface area contributed by atoms with Crippen LogP contribution in [0.3, 0.4) is 0 Å². The molecule has 1 aromatic rings. The Hall–Kier alpha value is -0.340. The van der Waals surface area contributed by atoms with E-state index in [0.29, 0.717) is 5.41 Å². The molecule has 0 amide bonds. The molecule has 0 atom stereocenters. The summed E-state index contributed by atoms with van der Waals surface area (Å²) in [5, 5.41) is 3.77. The first-order chi connectivity index (χ1) is 8.80. The van der Waals surface area contributed by atoms with Crippen molar-refractivity contribution in [2.75, 3.05) is 6.54 Å². The van der Waals surface area contributed by atoms with Gasteiger partial charge in [0, 0.05) is 22.5 Å². The predicted molar refractivity (Wildman–Crippen MR) is 79.9 cm³/mol. The zero-order valence-electron chi connectivity index (χ0n) is 10.9. The average molecular weight is 308 g/mol. The average Bonchev–Trinajstić information content (AvgIpc) is 3.22. The fourth-order valence-electron chi connectivity index (χ4n) is 3.29. The van der Waals surface area contributed by atoms with Gasteiger partial charge in [-0.3, -0.25) is 0 Å². The zero-order chi connectivity index (χ0) is 12.4. The lowest BCUT2D eigenvalue weighted by molar-refractivity contribution is 0.278. The van der Waals surface area contributed by atoms with Gasteiger partial charge in [0.25, 0.3) is 0 Å². The van der Waals surface area contributed by atoms with E-state index in [-0.39, 0.29) is 0 Å². The molecule has 0 bridgehead atoms. The fourth-order valence-corrected chi connectivity index (χ4v) is 3.99. The molecular formula is C16H22BrN. The van der Waals surface area contributed by atoms with Crippen molar-refractivity contribution < 1.29 is 0 Å². The monoisotopic (exact) mass is 307 g/mol. The van der Waals surface area contributed by atoms with Gasteiger partial charge in [-0.25, -0.2) is 0 Å². The Morgan fingerprint density at radius 1 is 1.11 bits per heavy atom. The molecule has 2 aliphatic rings. The Morgan fingerprint density at radius 2 is 1.83 bits per heavy atom. The molecule has 2 aliphatic carbocycles. The minimum atomic E-state index is 0.376. The van der Waals surface area contributed by atoms with Crippen LogP contribution in [0, 0.1) is 0 Å². The smallest absolute Gasteiger partial charge is 0.0213 e. The van der Waals surface area contributed by atoms with Crippen molar-refractivity contribution in [1.82, 2.24) is 5.32 Å². The van der Waals surface area contributed by atoms with Crippen LogP contribution in [0.1, 0.15) is 50.5 Å². The van der Waals surface area contributed by atoms with Crippen LogP contribution in [0.15, 0.2) is 28.7 Å². The van der Waals surface area contributed by atoms with Crippen LogP contribution in [-0.4, -0.2) is 12.6 Å². The van der Waals surface area contributed by atoms with Gasteiger partial charge < -0.3 is 5.32 Å².